The molecule has 1 amide bonds. The fraction of sp³-hybridized carbons (Fsp3) is 0.214. The lowest BCUT2D eigenvalue weighted by atomic mass is 10.1. The summed E-state index contributed by atoms with van der Waals surface area (Å²) in [6, 6.07) is 4.72. The van der Waals surface area contributed by atoms with E-state index in [-0.39, 0.29) is 12.0 Å². The van der Waals surface area contributed by atoms with Crippen LogP contribution in [0.2, 0.25) is 0 Å². The van der Waals surface area contributed by atoms with Crippen LogP contribution < -0.4 is 10.1 Å². The van der Waals surface area contributed by atoms with E-state index in [9.17, 15) is 14.4 Å². The van der Waals surface area contributed by atoms with Gasteiger partial charge in [-0.15, -0.1) is 0 Å². The average molecular weight is 356 g/mol. The van der Waals surface area contributed by atoms with Gasteiger partial charge < -0.3 is 15.2 Å². The van der Waals surface area contributed by atoms with E-state index >= 15 is 0 Å². The summed E-state index contributed by atoms with van der Waals surface area (Å²) in [5.74, 6) is -1.84. The maximum Gasteiger partial charge on any atom is 0.326 e. The second-order valence-corrected chi connectivity index (χ2v) is 5.33. The Morgan fingerprint density at radius 1 is 1.33 bits per heavy atom. The van der Waals surface area contributed by atoms with Gasteiger partial charge in [0.05, 0.1) is 0 Å². The molecule has 0 aliphatic heterocycles. The summed E-state index contributed by atoms with van der Waals surface area (Å²) in [6.07, 6.45) is 0.0760. The van der Waals surface area contributed by atoms with Gasteiger partial charge in [-0.3, -0.25) is 9.59 Å². The zero-order valence-electron chi connectivity index (χ0n) is 11.3. The molecular weight excluding hydrogens is 342 g/mol. The quantitative estimate of drug-likeness (QED) is 0.602. The molecule has 0 aliphatic rings. The zero-order chi connectivity index (χ0) is 16.0. The standard InChI is InChI=1S/C14H14BrNO5/c1-8(15)7-12(14(19)20)16-13(18)10-3-5-11(6-4-10)21-9(2)17/h3-6,12H,1,7H2,2H3,(H,16,18)(H,19,20)/t12-/m1/s1. The van der Waals surface area contributed by atoms with Crippen LogP contribution in [0, 0.1) is 0 Å². The zero-order valence-corrected chi connectivity index (χ0v) is 12.8. The van der Waals surface area contributed by atoms with Crippen molar-refractivity contribution in [3.8, 4) is 5.75 Å². The molecule has 0 saturated heterocycles. The molecule has 0 aromatic heterocycles. The van der Waals surface area contributed by atoms with Crippen LogP contribution in [-0.2, 0) is 9.59 Å². The number of halogens is 1. The molecule has 2 N–H and O–H groups in total. The first-order valence-electron chi connectivity index (χ1n) is 5.95. The molecule has 1 aromatic carbocycles. The number of carboxylic acid groups (broad SMARTS) is 1. The highest BCUT2D eigenvalue weighted by Gasteiger charge is 2.21. The first-order chi connectivity index (χ1) is 9.79. The minimum Gasteiger partial charge on any atom is -0.480 e. The van der Waals surface area contributed by atoms with Crippen molar-refractivity contribution in [1.82, 2.24) is 5.32 Å². The van der Waals surface area contributed by atoms with E-state index < -0.39 is 23.9 Å². The Morgan fingerprint density at radius 2 is 1.90 bits per heavy atom. The lowest BCUT2D eigenvalue weighted by Crippen LogP contribution is -2.40. The Kier molecular flexibility index (Phi) is 6.10. The largest absolute Gasteiger partial charge is 0.480 e. The van der Waals surface area contributed by atoms with Crippen molar-refractivity contribution < 1.29 is 24.2 Å². The molecule has 1 aromatic rings. The third-order valence-corrected chi connectivity index (χ3v) is 2.73. The van der Waals surface area contributed by atoms with E-state index in [0.717, 1.165) is 0 Å². The van der Waals surface area contributed by atoms with Gasteiger partial charge in [-0.25, -0.2) is 4.79 Å². The number of hydrogen-bond donors (Lipinski definition) is 2. The van der Waals surface area contributed by atoms with Crippen molar-refractivity contribution in [3.63, 3.8) is 0 Å². The highest BCUT2D eigenvalue weighted by molar-refractivity contribution is 9.11. The Labute approximate surface area is 129 Å². The van der Waals surface area contributed by atoms with Crippen molar-refractivity contribution in [2.75, 3.05) is 0 Å². The minimum absolute atomic E-state index is 0.0760. The fourth-order valence-corrected chi connectivity index (χ4v) is 1.83. The van der Waals surface area contributed by atoms with Crippen LogP contribution in [0.5, 0.6) is 5.75 Å². The fourth-order valence-electron chi connectivity index (χ4n) is 1.50. The molecule has 21 heavy (non-hydrogen) atoms. The number of ether oxygens (including phenoxy) is 1. The number of nitrogens with one attached hydrogen (secondary N) is 1. The van der Waals surface area contributed by atoms with Gasteiger partial charge >= 0.3 is 11.9 Å². The number of carbonyl (C=O) groups excluding carboxylic acids is 2. The molecule has 1 atom stereocenters. The molecule has 112 valence electrons. The number of hydrogen-bond acceptors (Lipinski definition) is 4. The summed E-state index contributed by atoms with van der Waals surface area (Å²) in [6.45, 7) is 4.82. The summed E-state index contributed by atoms with van der Waals surface area (Å²) in [5.41, 5.74) is 0.261. The van der Waals surface area contributed by atoms with Crippen molar-refractivity contribution in [3.05, 3.63) is 40.9 Å². The molecule has 6 nitrogen and oxygen atoms in total. The molecule has 0 heterocycles. The van der Waals surface area contributed by atoms with E-state index in [1.165, 1.54) is 31.2 Å². The van der Waals surface area contributed by atoms with Crippen LogP contribution >= 0.6 is 15.9 Å². The van der Waals surface area contributed by atoms with Crippen molar-refractivity contribution in [2.24, 2.45) is 0 Å². The van der Waals surface area contributed by atoms with Gasteiger partial charge in [0.1, 0.15) is 11.8 Å². The monoisotopic (exact) mass is 355 g/mol. The number of rotatable bonds is 6. The number of carboxylic acids is 1. The molecule has 7 heteroatoms. The molecule has 0 aliphatic carbocycles. The number of amides is 1. The highest BCUT2D eigenvalue weighted by atomic mass is 79.9. The second kappa shape index (κ2) is 7.58. The van der Waals surface area contributed by atoms with E-state index in [1.807, 2.05) is 0 Å². The molecule has 0 saturated carbocycles. The minimum atomic E-state index is -1.15. The van der Waals surface area contributed by atoms with Crippen LogP contribution in [-0.4, -0.2) is 29.0 Å². The molecule has 0 radical (unpaired) electrons. The van der Waals surface area contributed by atoms with Gasteiger partial charge in [0.15, 0.2) is 0 Å². The van der Waals surface area contributed by atoms with Gasteiger partial charge in [0.25, 0.3) is 5.91 Å². The van der Waals surface area contributed by atoms with Crippen LogP contribution in [0.1, 0.15) is 23.7 Å². The smallest absolute Gasteiger partial charge is 0.326 e. The van der Waals surface area contributed by atoms with Crippen molar-refractivity contribution in [1.29, 1.82) is 0 Å². The van der Waals surface area contributed by atoms with E-state index in [0.29, 0.717) is 10.2 Å². The molecule has 0 unspecified atom stereocenters. The lowest BCUT2D eigenvalue weighted by molar-refractivity contribution is -0.139. The van der Waals surface area contributed by atoms with Crippen LogP contribution in [0.25, 0.3) is 0 Å². The lowest BCUT2D eigenvalue weighted by Gasteiger charge is -2.14. The summed E-state index contributed by atoms with van der Waals surface area (Å²) in [5, 5.41) is 11.4. The summed E-state index contributed by atoms with van der Waals surface area (Å²) >= 11 is 3.06. The number of aliphatic carboxylic acids is 1. The van der Waals surface area contributed by atoms with E-state index in [2.05, 4.69) is 27.8 Å². The average Bonchev–Trinajstić information content (AvgIpc) is 2.37. The van der Waals surface area contributed by atoms with E-state index in [4.69, 9.17) is 9.84 Å². The highest BCUT2D eigenvalue weighted by Crippen LogP contribution is 2.14. The Hall–Kier alpha value is -2.15. The number of benzene rings is 1. The van der Waals surface area contributed by atoms with Gasteiger partial charge in [0.2, 0.25) is 0 Å². The second-order valence-electron chi connectivity index (χ2n) is 4.20. The molecular formula is C14H14BrNO5. The third kappa shape index (κ3) is 5.78. The summed E-state index contributed by atoms with van der Waals surface area (Å²) in [4.78, 5) is 33.8. The normalized spacial score (nSPS) is 11.3. The predicted octanol–water partition coefficient (Wildman–Crippen LogP) is 2.09. The van der Waals surface area contributed by atoms with Crippen molar-refractivity contribution >= 4 is 33.8 Å². The van der Waals surface area contributed by atoms with Crippen LogP contribution in [0.15, 0.2) is 35.3 Å². The first kappa shape index (κ1) is 16.9. The summed E-state index contributed by atoms with van der Waals surface area (Å²) in [7, 11) is 0. The van der Waals surface area contributed by atoms with Gasteiger partial charge in [0, 0.05) is 18.9 Å². The Balaban J connectivity index is 2.76. The van der Waals surface area contributed by atoms with Gasteiger partial charge in [-0.1, -0.05) is 22.5 Å². The predicted molar refractivity (Wildman–Crippen MR) is 79.3 cm³/mol. The molecule has 1 rings (SSSR count). The van der Waals surface area contributed by atoms with E-state index in [1.54, 1.807) is 0 Å². The van der Waals surface area contributed by atoms with Crippen molar-refractivity contribution in [2.45, 2.75) is 19.4 Å². The number of carbonyl (C=O) groups is 3. The Bertz CT molecular complexity index is 567. The molecule has 0 fully saturated rings. The maximum atomic E-state index is 11.9. The first-order valence-corrected chi connectivity index (χ1v) is 6.74. The number of esters is 1. The van der Waals surface area contributed by atoms with Gasteiger partial charge in [-0.05, 0) is 28.7 Å². The van der Waals surface area contributed by atoms with Crippen LogP contribution in [0.4, 0.5) is 0 Å². The third-order valence-electron chi connectivity index (χ3n) is 2.41. The SMILES string of the molecule is C=C(Br)C[C@@H](NC(=O)c1ccc(OC(C)=O)cc1)C(=O)O. The topological polar surface area (TPSA) is 92.7 Å². The van der Waals surface area contributed by atoms with Crippen LogP contribution in [0.3, 0.4) is 0 Å². The Morgan fingerprint density at radius 3 is 2.33 bits per heavy atom. The molecule has 0 spiro atoms. The molecule has 0 bridgehead atoms. The summed E-state index contributed by atoms with van der Waals surface area (Å²) < 4.78 is 5.31. The maximum absolute atomic E-state index is 11.9. The van der Waals surface area contributed by atoms with Gasteiger partial charge in [-0.2, -0.15) is 0 Å².